The van der Waals surface area contributed by atoms with E-state index in [2.05, 4.69) is 18.2 Å². The number of ether oxygens (including phenoxy) is 3. The van der Waals surface area contributed by atoms with E-state index in [4.69, 9.17) is 86.5 Å². The molecule has 49 heavy (non-hydrogen) atoms. The van der Waals surface area contributed by atoms with Crippen molar-refractivity contribution in [1.29, 1.82) is 15.8 Å². The number of methoxy groups -OCH3 is 3. The van der Waals surface area contributed by atoms with Crippen LogP contribution in [-0.2, 0) is 42.6 Å². The number of nitrogens with zero attached hydrogens (tertiary/aromatic N) is 3. The first-order chi connectivity index (χ1) is 23.6. The number of hydrogen-bond acceptors (Lipinski definition) is 6. The standard InChI is InChI=1S/3C11H13NO.6ClH.2K.2Pt/c3*1-13-11(8-5-9-12)10-6-3-2-4-7-10;;;;;;;;;;/h3*2-4,6-7,11H,5,8H2,1H3;6*1H;;;;/q;;;;;;;;;;;+2;+4/p-6. The first-order valence-electron chi connectivity index (χ1n) is 14.7. The van der Waals surface area contributed by atoms with Crippen molar-refractivity contribution in [3.8, 4) is 18.2 Å². The molecular formula is C33H39Cl6K2N3O3Pt2. The third-order valence-electron chi connectivity index (χ3n) is 5.92. The zero-order valence-corrected chi connectivity index (χ0v) is 43.4. The molecule has 0 saturated carbocycles. The van der Waals surface area contributed by atoms with Gasteiger partial charge in [0.15, 0.2) is 0 Å². The van der Waals surface area contributed by atoms with Crippen molar-refractivity contribution in [1.82, 2.24) is 0 Å². The van der Waals surface area contributed by atoms with Crippen LogP contribution in [0.1, 0.15) is 73.5 Å². The van der Waals surface area contributed by atoms with E-state index in [0.29, 0.717) is 19.3 Å². The topological polar surface area (TPSA) is 99.1 Å². The number of benzene rings is 3. The van der Waals surface area contributed by atoms with Gasteiger partial charge in [0.2, 0.25) is 0 Å². The second-order valence-corrected chi connectivity index (χ2v) is 31.8. The Morgan fingerprint density at radius 2 is 0.735 bits per heavy atom. The summed E-state index contributed by atoms with van der Waals surface area (Å²) < 4.78 is 15.9. The van der Waals surface area contributed by atoms with Crippen molar-refractivity contribution in [3.63, 3.8) is 0 Å². The molecule has 3 unspecified atom stereocenters. The van der Waals surface area contributed by atoms with Crippen LogP contribution >= 0.6 is 56.5 Å². The average Bonchev–Trinajstić information content (AvgIpc) is 3.12. The fraction of sp³-hybridized carbons (Fsp3) is 0.364. The number of rotatable bonds is 12. The SMILES string of the molecule is COC(CCC#N)c1ccccc1.COC(CCC#N)c1ccccc1.COC(CCC#N)c1ccccc1.[Cl][Pt]([Cl])([Cl])[Cl].[Cl][Pt][Cl].[K][K]. The average molecular weight is 1210 g/mol. The van der Waals surface area contributed by atoms with Crippen LogP contribution in [-0.4, -0.2) is 84.5 Å². The van der Waals surface area contributed by atoms with Crippen LogP contribution in [0.25, 0.3) is 0 Å². The van der Waals surface area contributed by atoms with Gasteiger partial charge >= 0.3 is 148 Å². The quantitative estimate of drug-likeness (QED) is 0.168. The van der Waals surface area contributed by atoms with Crippen molar-refractivity contribution < 1.29 is 42.6 Å². The summed E-state index contributed by atoms with van der Waals surface area (Å²) in [6.07, 6.45) is 4.06. The summed E-state index contributed by atoms with van der Waals surface area (Å²) in [5.74, 6) is 0. The van der Waals surface area contributed by atoms with Gasteiger partial charge in [-0.3, -0.25) is 0 Å². The molecule has 0 aliphatic rings. The zero-order valence-electron chi connectivity index (χ0n) is 28.1. The summed E-state index contributed by atoms with van der Waals surface area (Å²) in [6.45, 7) is 0. The van der Waals surface area contributed by atoms with E-state index in [0.717, 1.165) is 36.0 Å². The predicted octanol–water partition coefficient (Wildman–Crippen LogP) is 11.4. The minimum atomic E-state index is -3.06. The van der Waals surface area contributed by atoms with Gasteiger partial charge in [-0.15, -0.1) is 0 Å². The fourth-order valence-corrected chi connectivity index (χ4v) is 3.85. The van der Waals surface area contributed by atoms with Crippen molar-refractivity contribution in [2.45, 2.75) is 56.8 Å². The van der Waals surface area contributed by atoms with E-state index >= 15 is 0 Å². The first-order valence-corrected chi connectivity index (χ1v) is 47.6. The van der Waals surface area contributed by atoms with Gasteiger partial charge in [0.1, 0.15) is 0 Å². The van der Waals surface area contributed by atoms with E-state index in [-0.39, 0.29) is 18.3 Å². The number of halogens is 6. The third kappa shape index (κ3) is 37.1. The fourth-order valence-electron chi connectivity index (χ4n) is 3.85. The van der Waals surface area contributed by atoms with Gasteiger partial charge in [-0.1, -0.05) is 91.0 Å². The summed E-state index contributed by atoms with van der Waals surface area (Å²) in [6, 6.07) is 36.3. The molecular weight excluding hydrogens is 1170 g/mol. The second kappa shape index (κ2) is 41.6. The molecule has 0 N–H and O–H groups in total. The Bertz CT molecular complexity index is 1120. The van der Waals surface area contributed by atoms with Crippen molar-refractivity contribution in [3.05, 3.63) is 108 Å². The first kappa shape index (κ1) is 55.7. The number of nitriles is 3. The van der Waals surface area contributed by atoms with Gasteiger partial charge in [-0.05, 0) is 36.0 Å². The summed E-state index contributed by atoms with van der Waals surface area (Å²) in [5, 5.41) is 25.4. The maximum absolute atomic E-state index is 8.45. The van der Waals surface area contributed by atoms with Crippen molar-refractivity contribution >= 4 is 120 Å². The summed E-state index contributed by atoms with van der Waals surface area (Å²) in [5.41, 5.74) is 3.42. The van der Waals surface area contributed by atoms with Gasteiger partial charge in [0.05, 0.1) is 36.5 Å². The van der Waals surface area contributed by atoms with Crippen molar-refractivity contribution in [2.24, 2.45) is 0 Å². The molecule has 0 amide bonds. The second-order valence-electron chi connectivity index (χ2n) is 8.81. The molecule has 0 aromatic heterocycles. The molecule has 0 aliphatic carbocycles. The summed E-state index contributed by atoms with van der Waals surface area (Å²) >= 11 is -1.03. The van der Waals surface area contributed by atoms with E-state index < -0.39 is 28.4 Å². The van der Waals surface area contributed by atoms with E-state index in [1.165, 1.54) is 63.2 Å². The molecule has 16 heteroatoms. The molecule has 0 heterocycles. The molecule has 0 aliphatic heterocycles. The molecule has 0 fully saturated rings. The van der Waals surface area contributed by atoms with Gasteiger partial charge in [0.25, 0.3) is 0 Å². The molecule has 3 atom stereocenters. The van der Waals surface area contributed by atoms with Gasteiger partial charge in [-0.25, -0.2) is 0 Å². The van der Waals surface area contributed by atoms with Crippen LogP contribution in [0.4, 0.5) is 0 Å². The maximum atomic E-state index is 8.45. The van der Waals surface area contributed by atoms with Crippen LogP contribution in [0, 0.1) is 34.0 Å². The van der Waals surface area contributed by atoms with Crippen LogP contribution in [0.15, 0.2) is 91.0 Å². The molecule has 0 saturated heterocycles. The van der Waals surface area contributed by atoms with E-state index in [1.54, 1.807) is 21.3 Å². The molecule has 6 nitrogen and oxygen atoms in total. The molecule has 268 valence electrons. The third-order valence-corrected chi connectivity index (χ3v) is 5.92. The van der Waals surface area contributed by atoms with Crippen LogP contribution in [0.5, 0.6) is 0 Å². The van der Waals surface area contributed by atoms with Crippen LogP contribution in [0.3, 0.4) is 0 Å². The molecule has 3 aromatic rings. The van der Waals surface area contributed by atoms with E-state index in [1.807, 2.05) is 91.0 Å². The Morgan fingerprint density at radius 3 is 0.878 bits per heavy atom. The Hall–Kier alpha value is 2.40. The molecule has 0 radical (unpaired) electrons. The molecule has 0 spiro atoms. The Balaban J connectivity index is -0.000000570. The van der Waals surface area contributed by atoms with E-state index in [9.17, 15) is 0 Å². The molecule has 0 bridgehead atoms. The minimum absolute atomic E-state index is 0.0563. The van der Waals surface area contributed by atoms with Gasteiger partial charge in [-0.2, -0.15) is 15.8 Å². The summed E-state index contributed by atoms with van der Waals surface area (Å²) in [7, 11) is 34.8. The Labute approximate surface area is 374 Å². The van der Waals surface area contributed by atoms with Crippen molar-refractivity contribution in [2.75, 3.05) is 21.3 Å². The van der Waals surface area contributed by atoms with Gasteiger partial charge < -0.3 is 14.2 Å². The number of hydrogen-bond donors (Lipinski definition) is 0. The monoisotopic (exact) mass is 1200 g/mol. The predicted molar refractivity (Wildman–Crippen MR) is 200 cm³/mol. The molecule has 3 rings (SSSR count). The Kier molecular flexibility index (Phi) is 47.3. The molecule has 3 aromatic carbocycles. The summed E-state index contributed by atoms with van der Waals surface area (Å²) in [4.78, 5) is 0. The van der Waals surface area contributed by atoms with Crippen LogP contribution < -0.4 is 0 Å². The Morgan fingerprint density at radius 1 is 0.551 bits per heavy atom. The zero-order chi connectivity index (χ0) is 37.8. The normalized spacial score (nSPS) is 11.7. The van der Waals surface area contributed by atoms with Gasteiger partial charge in [0, 0.05) is 40.6 Å². The van der Waals surface area contributed by atoms with Crippen LogP contribution in [0.2, 0.25) is 0 Å².